The van der Waals surface area contributed by atoms with Crippen LogP contribution >= 0.6 is 15.9 Å². The van der Waals surface area contributed by atoms with Gasteiger partial charge in [-0.1, -0.05) is 15.9 Å². The molecular weight excluding hydrogens is 244 g/mol. The van der Waals surface area contributed by atoms with Gasteiger partial charge < -0.3 is 10.6 Å². The SMILES string of the molecule is Nc1cc(Br)cc(C(=O)N2CCC2)c1. The van der Waals surface area contributed by atoms with Crippen LogP contribution in [0.15, 0.2) is 22.7 Å². The van der Waals surface area contributed by atoms with Crippen molar-refractivity contribution in [1.82, 2.24) is 4.90 Å². The van der Waals surface area contributed by atoms with Gasteiger partial charge in [0, 0.05) is 28.8 Å². The third-order valence-corrected chi connectivity index (χ3v) is 2.77. The highest BCUT2D eigenvalue weighted by molar-refractivity contribution is 9.10. The van der Waals surface area contributed by atoms with E-state index < -0.39 is 0 Å². The Labute approximate surface area is 91.0 Å². The summed E-state index contributed by atoms with van der Waals surface area (Å²) in [5.74, 6) is 0.0734. The van der Waals surface area contributed by atoms with E-state index in [1.807, 2.05) is 4.90 Å². The van der Waals surface area contributed by atoms with Crippen LogP contribution in [0.3, 0.4) is 0 Å². The van der Waals surface area contributed by atoms with Gasteiger partial charge in [0.25, 0.3) is 5.91 Å². The van der Waals surface area contributed by atoms with Gasteiger partial charge in [0.2, 0.25) is 0 Å². The van der Waals surface area contributed by atoms with Crippen molar-refractivity contribution in [3.8, 4) is 0 Å². The topological polar surface area (TPSA) is 46.3 Å². The second-order valence-electron chi connectivity index (χ2n) is 3.42. The summed E-state index contributed by atoms with van der Waals surface area (Å²) in [4.78, 5) is 13.6. The van der Waals surface area contributed by atoms with Crippen LogP contribution in [-0.2, 0) is 0 Å². The molecule has 4 heteroatoms. The summed E-state index contributed by atoms with van der Waals surface area (Å²) in [6, 6.07) is 5.30. The first-order chi connectivity index (χ1) is 6.66. The van der Waals surface area contributed by atoms with Gasteiger partial charge >= 0.3 is 0 Å². The number of anilines is 1. The number of amides is 1. The summed E-state index contributed by atoms with van der Waals surface area (Å²) in [5.41, 5.74) is 6.93. The van der Waals surface area contributed by atoms with Crippen molar-refractivity contribution < 1.29 is 4.79 Å². The van der Waals surface area contributed by atoms with E-state index >= 15 is 0 Å². The summed E-state index contributed by atoms with van der Waals surface area (Å²) in [5, 5.41) is 0. The molecular formula is C10H11BrN2O. The van der Waals surface area contributed by atoms with Crippen molar-refractivity contribution in [1.29, 1.82) is 0 Å². The Bertz CT molecular complexity index is 354. The van der Waals surface area contributed by atoms with Gasteiger partial charge in [-0.3, -0.25) is 4.79 Å². The molecule has 0 bridgehead atoms. The Hall–Kier alpha value is -1.03. The van der Waals surface area contributed by atoms with Crippen molar-refractivity contribution in [2.24, 2.45) is 0 Å². The quantitative estimate of drug-likeness (QED) is 0.779. The predicted octanol–water partition coefficient (Wildman–Crippen LogP) is 1.88. The zero-order chi connectivity index (χ0) is 10.1. The smallest absolute Gasteiger partial charge is 0.253 e. The fourth-order valence-electron chi connectivity index (χ4n) is 1.44. The number of carbonyl (C=O) groups excluding carboxylic acids is 1. The maximum atomic E-state index is 11.8. The third-order valence-electron chi connectivity index (χ3n) is 2.31. The number of likely N-dealkylation sites (tertiary alicyclic amines) is 1. The van der Waals surface area contributed by atoms with E-state index in [-0.39, 0.29) is 5.91 Å². The molecule has 2 rings (SSSR count). The first-order valence-electron chi connectivity index (χ1n) is 4.52. The number of benzene rings is 1. The Morgan fingerprint density at radius 3 is 2.57 bits per heavy atom. The van der Waals surface area contributed by atoms with E-state index in [2.05, 4.69) is 15.9 Å². The molecule has 0 aliphatic carbocycles. The Balaban J connectivity index is 2.26. The Morgan fingerprint density at radius 2 is 2.07 bits per heavy atom. The molecule has 0 atom stereocenters. The third kappa shape index (κ3) is 1.75. The summed E-state index contributed by atoms with van der Waals surface area (Å²) in [6.45, 7) is 1.73. The monoisotopic (exact) mass is 254 g/mol. The lowest BCUT2D eigenvalue weighted by molar-refractivity contribution is 0.0652. The minimum atomic E-state index is 0.0734. The molecule has 0 radical (unpaired) electrons. The second-order valence-corrected chi connectivity index (χ2v) is 4.33. The molecule has 14 heavy (non-hydrogen) atoms. The van der Waals surface area contributed by atoms with Crippen LogP contribution in [-0.4, -0.2) is 23.9 Å². The fourth-order valence-corrected chi connectivity index (χ4v) is 1.95. The molecule has 0 unspecified atom stereocenters. The minimum Gasteiger partial charge on any atom is -0.399 e. The Morgan fingerprint density at radius 1 is 1.36 bits per heavy atom. The number of nitrogen functional groups attached to an aromatic ring is 1. The van der Waals surface area contributed by atoms with Gasteiger partial charge in [0.1, 0.15) is 0 Å². The molecule has 1 heterocycles. The molecule has 1 aromatic carbocycles. The van der Waals surface area contributed by atoms with Crippen molar-refractivity contribution in [2.45, 2.75) is 6.42 Å². The maximum absolute atomic E-state index is 11.8. The van der Waals surface area contributed by atoms with Gasteiger partial charge in [-0.05, 0) is 24.6 Å². The van der Waals surface area contributed by atoms with Crippen LogP contribution in [0.25, 0.3) is 0 Å². The largest absolute Gasteiger partial charge is 0.399 e. The van der Waals surface area contributed by atoms with Crippen molar-refractivity contribution >= 4 is 27.5 Å². The number of halogens is 1. The van der Waals surface area contributed by atoms with E-state index in [1.165, 1.54) is 0 Å². The summed E-state index contributed by atoms with van der Waals surface area (Å²) in [7, 11) is 0. The van der Waals surface area contributed by atoms with E-state index in [9.17, 15) is 4.79 Å². The number of hydrogen-bond donors (Lipinski definition) is 1. The number of carbonyl (C=O) groups is 1. The average molecular weight is 255 g/mol. The fraction of sp³-hybridized carbons (Fsp3) is 0.300. The van der Waals surface area contributed by atoms with Crippen LogP contribution < -0.4 is 5.73 Å². The van der Waals surface area contributed by atoms with Crippen LogP contribution in [0, 0.1) is 0 Å². The van der Waals surface area contributed by atoms with E-state index in [0.29, 0.717) is 11.3 Å². The molecule has 3 nitrogen and oxygen atoms in total. The van der Waals surface area contributed by atoms with Gasteiger partial charge in [-0.15, -0.1) is 0 Å². The highest BCUT2D eigenvalue weighted by atomic mass is 79.9. The van der Waals surface area contributed by atoms with E-state index in [1.54, 1.807) is 18.2 Å². The lowest BCUT2D eigenvalue weighted by Crippen LogP contribution is -2.42. The molecule has 1 saturated heterocycles. The molecule has 1 aliphatic rings. The molecule has 1 aromatic rings. The number of nitrogens with two attached hydrogens (primary N) is 1. The molecule has 1 fully saturated rings. The van der Waals surface area contributed by atoms with Gasteiger partial charge in [0.15, 0.2) is 0 Å². The van der Waals surface area contributed by atoms with E-state index in [4.69, 9.17) is 5.73 Å². The first kappa shape index (κ1) is 9.52. The summed E-state index contributed by atoms with van der Waals surface area (Å²) in [6.07, 6.45) is 1.11. The number of nitrogens with zero attached hydrogens (tertiary/aromatic N) is 1. The molecule has 0 saturated carbocycles. The van der Waals surface area contributed by atoms with Crippen LogP contribution in [0.5, 0.6) is 0 Å². The highest BCUT2D eigenvalue weighted by Gasteiger charge is 2.21. The minimum absolute atomic E-state index is 0.0734. The van der Waals surface area contributed by atoms with Gasteiger partial charge in [0.05, 0.1) is 0 Å². The maximum Gasteiger partial charge on any atom is 0.253 e. The molecule has 1 amide bonds. The number of rotatable bonds is 1. The first-order valence-corrected chi connectivity index (χ1v) is 5.31. The Kier molecular flexibility index (Phi) is 2.46. The predicted molar refractivity (Wildman–Crippen MR) is 59.1 cm³/mol. The molecule has 1 aliphatic heterocycles. The summed E-state index contributed by atoms with van der Waals surface area (Å²) < 4.78 is 0.848. The van der Waals surface area contributed by atoms with Crippen molar-refractivity contribution in [2.75, 3.05) is 18.8 Å². The molecule has 2 N–H and O–H groups in total. The van der Waals surface area contributed by atoms with Crippen molar-refractivity contribution in [3.63, 3.8) is 0 Å². The lowest BCUT2D eigenvalue weighted by atomic mass is 10.1. The zero-order valence-corrected chi connectivity index (χ0v) is 9.25. The number of hydrogen-bond acceptors (Lipinski definition) is 2. The average Bonchev–Trinajstić information content (AvgIpc) is 1.98. The second kappa shape index (κ2) is 3.61. The van der Waals surface area contributed by atoms with Crippen LogP contribution in [0.1, 0.15) is 16.8 Å². The summed E-state index contributed by atoms with van der Waals surface area (Å²) >= 11 is 3.32. The standard InChI is InChI=1S/C10H11BrN2O/c11-8-4-7(5-9(12)6-8)10(14)13-2-1-3-13/h4-6H,1-3,12H2. The van der Waals surface area contributed by atoms with Crippen molar-refractivity contribution in [3.05, 3.63) is 28.2 Å². The zero-order valence-electron chi connectivity index (χ0n) is 7.66. The van der Waals surface area contributed by atoms with Crippen LogP contribution in [0.2, 0.25) is 0 Å². The molecule has 0 aromatic heterocycles. The normalized spacial score (nSPS) is 15.1. The molecule has 0 spiro atoms. The van der Waals surface area contributed by atoms with Gasteiger partial charge in [-0.25, -0.2) is 0 Å². The highest BCUT2D eigenvalue weighted by Crippen LogP contribution is 2.20. The lowest BCUT2D eigenvalue weighted by Gasteiger charge is -2.31. The van der Waals surface area contributed by atoms with E-state index in [0.717, 1.165) is 24.0 Å². The van der Waals surface area contributed by atoms with Gasteiger partial charge in [-0.2, -0.15) is 0 Å². The molecule has 74 valence electrons. The van der Waals surface area contributed by atoms with Crippen LogP contribution in [0.4, 0.5) is 5.69 Å².